The maximum Gasteiger partial charge on any atom is 0.322 e. The minimum Gasteiger partial charge on any atom is -0.494 e. The first-order valence-electron chi connectivity index (χ1n) is 8.09. The Morgan fingerprint density at radius 1 is 0.958 bits per heavy atom. The molecule has 1 aliphatic rings. The van der Waals surface area contributed by atoms with Crippen LogP contribution in [-0.2, 0) is 10.3 Å². The van der Waals surface area contributed by atoms with Crippen molar-refractivity contribution >= 4 is 11.9 Å². The first-order chi connectivity index (χ1) is 11.7. The summed E-state index contributed by atoms with van der Waals surface area (Å²) in [7, 11) is 0. The summed E-state index contributed by atoms with van der Waals surface area (Å²) >= 11 is 0. The molecule has 1 aliphatic heterocycles. The van der Waals surface area contributed by atoms with E-state index in [1.807, 2.05) is 54.6 Å². The third-order valence-electron chi connectivity index (χ3n) is 4.13. The Hall–Kier alpha value is -2.82. The lowest BCUT2D eigenvalue weighted by atomic mass is 9.83. The molecule has 1 fully saturated rings. The summed E-state index contributed by atoms with van der Waals surface area (Å²) in [6.07, 6.45) is 2.07. The summed E-state index contributed by atoms with van der Waals surface area (Å²) in [6, 6.07) is 16.0. The Bertz CT molecular complexity index is 728. The van der Waals surface area contributed by atoms with Gasteiger partial charge in [-0.05, 0) is 29.7 Å². The van der Waals surface area contributed by atoms with Crippen molar-refractivity contribution in [2.45, 2.75) is 25.3 Å². The van der Waals surface area contributed by atoms with E-state index in [-0.39, 0.29) is 5.91 Å². The van der Waals surface area contributed by atoms with Gasteiger partial charge in [0.2, 0.25) is 0 Å². The number of unbranched alkanes of at least 4 members (excludes halogenated alkanes) is 1. The summed E-state index contributed by atoms with van der Waals surface area (Å²) in [6.45, 7) is 2.77. The summed E-state index contributed by atoms with van der Waals surface area (Å²) in [5.74, 6) is 0.374. The van der Waals surface area contributed by atoms with Crippen molar-refractivity contribution in [1.82, 2.24) is 10.6 Å². The third-order valence-corrected chi connectivity index (χ3v) is 4.13. The molecule has 2 aromatic carbocycles. The highest BCUT2D eigenvalue weighted by atomic mass is 16.5. The normalized spacial score (nSPS) is 19.7. The summed E-state index contributed by atoms with van der Waals surface area (Å²) in [5, 5.41) is 5.12. The topological polar surface area (TPSA) is 67.4 Å². The van der Waals surface area contributed by atoms with Crippen LogP contribution < -0.4 is 15.4 Å². The number of benzene rings is 2. The summed E-state index contributed by atoms with van der Waals surface area (Å²) in [4.78, 5) is 24.4. The number of carbonyl (C=O) groups is 2. The molecule has 124 valence electrons. The average molecular weight is 324 g/mol. The number of ether oxygens (including phenoxy) is 1. The van der Waals surface area contributed by atoms with Gasteiger partial charge < -0.3 is 10.1 Å². The fourth-order valence-electron chi connectivity index (χ4n) is 2.85. The zero-order valence-electron chi connectivity index (χ0n) is 13.5. The van der Waals surface area contributed by atoms with Crippen molar-refractivity contribution in [2.75, 3.05) is 6.61 Å². The maximum absolute atomic E-state index is 12.6. The predicted octanol–water partition coefficient (Wildman–Crippen LogP) is 2.95. The van der Waals surface area contributed by atoms with E-state index in [1.165, 1.54) is 0 Å². The Morgan fingerprint density at radius 2 is 1.62 bits per heavy atom. The number of amides is 3. The van der Waals surface area contributed by atoms with Crippen LogP contribution in [0.3, 0.4) is 0 Å². The Morgan fingerprint density at radius 3 is 2.21 bits per heavy atom. The van der Waals surface area contributed by atoms with Gasteiger partial charge in [0, 0.05) is 0 Å². The van der Waals surface area contributed by atoms with Crippen molar-refractivity contribution in [3.05, 3.63) is 65.7 Å². The third kappa shape index (κ3) is 2.85. The minimum absolute atomic E-state index is 0.377. The van der Waals surface area contributed by atoms with Crippen LogP contribution in [0.15, 0.2) is 54.6 Å². The van der Waals surface area contributed by atoms with Gasteiger partial charge in [0.05, 0.1) is 6.61 Å². The number of carbonyl (C=O) groups excluding carboxylic acids is 2. The van der Waals surface area contributed by atoms with E-state index in [2.05, 4.69) is 17.6 Å². The number of urea groups is 1. The molecule has 1 saturated heterocycles. The van der Waals surface area contributed by atoms with E-state index in [0.29, 0.717) is 17.7 Å². The van der Waals surface area contributed by atoms with Gasteiger partial charge in [-0.15, -0.1) is 0 Å². The van der Waals surface area contributed by atoms with Crippen LogP contribution in [-0.4, -0.2) is 18.5 Å². The average Bonchev–Trinajstić information content (AvgIpc) is 2.92. The fraction of sp³-hybridized carbons (Fsp3) is 0.263. The highest BCUT2D eigenvalue weighted by Crippen LogP contribution is 2.33. The van der Waals surface area contributed by atoms with Gasteiger partial charge >= 0.3 is 6.03 Å². The quantitative estimate of drug-likeness (QED) is 0.634. The van der Waals surface area contributed by atoms with Crippen LogP contribution in [0.1, 0.15) is 30.9 Å². The van der Waals surface area contributed by atoms with Crippen molar-refractivity contribution in [1.29, 1.82) is 0 Å². The SMILES string of the molecule is CCCCOc1ccc([C@]2(c3ccccc3)NC(=O)NC2=O)cc1. The fourth-order valence-corrected chi connectivity index (χ4v) is 2.85. The molecule has 3 rings (SSSR count). The summed E-state index contributed by atoms with van der Waals surface area (Å²) in [5.41, 5.74) is 0.202. The van der Waals surface area contributed by atoms with E-state index in [9.17, 15) is 9.59 Å². The molecule has 0 aliphatic carbocycles. The predicted molar refractivity (Wildman–Crippen MR) is 90.7 cm³/mol. The zero-order chi connectivity index (χ0) is 17.0. The molecule has 0 bridgehead atoms. The molecule has 0 aromatic heterocycles. The van der Waals surface area contributed by atoms with Crippen molar-refractivity contribution in [2.24, 2.45) is 0 Å². The van der Waals surface area contributed by atoms with E-state index < -0.39 is 11.6 Å². The molecule has 1 heterocycles. The van der Waals surface area contributed by atoms with E-state index in [1.54, 1.807) is 0 Å². The van der Waals surface area contributed by atoms with Crippen LogP contribution in [0.5, 0.6) is 5.75 Å². The lowest BCUT2D eigenvalue weighted by molar-refractivity contribution is -0.122. The molecule has 0 spiro atoms. The molecule has 0 saturated carbocycles. The zero-order valence-corrected chi connectivity index (χ0v) is 13.5. The Balaban J connectivity index is 1.95. The second-order valence-corrected chi connectivity index (χ2v) is 5.75. The molecule has 0 unspecified atom stereocenters. The molecule has 2 N–H and O–H groups in total. The maximum atomic E-state index is 12.6. The highest BCUT2D eigenvalue weighted by Gasteiger charge is 2.49. The van der Waals surface area contributed by atoms with Crippen LogP contribution in [0.4, 0.5) is 4.79 Å². The molecule has 5 nitrogen and oxygen atoms in total. The molecule has 0 radical (unpaired) electrons. The first kappa shape index (κ1) is 16.1. The number of imide groups is 1. The van der Waals surface area contributed by atoms with Crippen LogP contribution >= 0.6 is 0 Å². The number of hydrogen-bond donors (Lipinski definition) is 2. The second kappa shape index (κ2) is 6.74. The lowest BCUT2D eigenvalue weighted by Crippen LogP contribution is -2.44. The number of nitrogens with one attached hydrogen (secondary N) is 2. The van der Waals surface area contributed by atoms with Crippen molar-refractivity contribution < 1.29 is 14.3 Å². The van der Waals surface area contributed by atoms with E-state index in [0.717, 1.165) is 18.6 Å². The largest absolute Gasteiger partial charge is 0.494 e. The second-order valence-electron chi connectivity index (χ2n) is 5.75. The first-order valence-corrected chi connectivity index (χ1v) is 8.09. The monoisotopic (exact) mass is 324 g/mol. The van der Waals surface area contributed by atoms with Crippen LogP contribution in [0.25, 0.3) is 0 Å². The smallest absolute Gasteiger partial charge is 0.322 e. The molecule has 5 heteroatoms. The van der Waals surface area contributed by atoms with Crippen molar-refractivity contribution in [3.63, 3.8) is 0 Å². The van der Waals surface area contributed by atoms with Gasteiger partial charge in [0.1, 0.15) is 5.75 Å². The molecular formula is C19H20N2O3. The molecule has 2 aromatic rings. The van der Waals surface area contributed by atoms with Gasteiger partial charge in [0.25, 0.3) is 5.91 Å². The van der Waals surface area contributed by atoms with Gasteiger partial charge in [-0.25, -0.2) is 4.79 Å². The molecule has 1 atom stereocenters. The van der Waals surface area contributed by atoms with E-state index in [4.69, 9.17) is 4.74 Å². The van der Waals surface area contributed by atoms with Gasteiger partial charge in [-0.3, -0.25) is 10.1 Å². The highest BCUT2D eigenvalue weighted by molar-refractivity contribution is 6.09. The standard InChI is InChI=1S/C19H20N2O3/c1-2-3-13-24-16-11-9-15(10-12-16)19(14-7-5-4-6-8-14)17(22)20-18(23)21-19/h4-12H,2-3,13H2,1H3,(H2,20,21,22,23)/t19-/m0/s1. The minimum atomic E-state index is -1.21. The van der Waals surface area contributed by atoms with Gasteiger partial charge in [0.15, 0.2) is 5.54 Å². The van der Waals surface area contributed by atoms with Crippen LogP contribution in [0, 0.1) is 0 Å². The Labute approximate surface area is 141 Å². The Kier molecular flexibility index (Phi) is 4.51. The van der Waals surface area contributed by atoms with Gasteiger partial charge in [-0.2, -0.15) is 0 Å². The van der Waals surface area contributed by atoms with Crippen molar-refractivity contribution in [3.8, 4) is 5.75 Å². The number of hydrogen-bond acceptors (Lipinski definition) is 3. The summed E-state index contributed by atoms with van der Waals surface area (Å²) < 4.78 is 5.66. The molecular weight excluding hydrogens is 304 g/mol. The van der Waals surface area contributed by atoms with Crippen LogP contribution in [0.2, 0.25) is 0 Å². The van der Waals surface area contributed by atoms with Gasteiger partial charge in [-0.1, -0.05) is 55.8 Å². The molecule has 24 heavy (non-hydrogen) atoms. The lowest BCUT2D eigenvalue weighted by Gasteiger charge is -2.27. The van der Waals surface area contributed by atoms with E-state index >= 15 is 0 Å². The molecule has 3 amide bonds. The number of rotatable bonds is 6.